The van der Waals surface area contributed by atoms with Crippen molar-refractivity contribution < 1.29 is 9.53 Å². The number of nitrogens with two attached hydrogens (primary N) is 1. The summed E-state index contributed by atoms with van der Waals surface area (Å²) in [5.41, 5.74) is 6.63. The molecule has 0 unspecified atom stereocenters. The normalized spacial score (nSPS) is 15.2. The molecule has 0 aromatic heterocycles. The van der Waals surface area contributed by atoms with Crippen LogP contribution < -0.4 is 5.73 Å². The van der Waals surface area contributed by atoms with Crippen molar-refractivity contribution in [3.8, 4) is 0 Å². The van der Waals surface area contributed by atoms with Crippen molar-refractivity contribution in [3.05, 3.63) is 28.8 Å². The van der Waals surface area contributed by atoms with E-state index < -0.39 is 0 Å². The predicted octanol–water partition coefficient (Wildman–Crippen LogP) is 1.82. The van der Waals surface area contributed by atoms with Crippen LogP contribution in [0.1, 0.15) is 10.4 Å². The van der Waals surface area contributed by atoms with E-state index in [1.54, 1.807) is 23.1 Å². The van der Waals surface area contributed by atoms with Gasteiger partial charge in [-0.25, -0.2) is 0 Å². The minimum Gasteiger partial charge on any atom is -0.399 e. The van der Waals surface area contributed by atoms with Gasteiger partial charge in [-0.05, 0) is 18.2 Å². The average Bonchev–Trinajstić information content (AvgIpc) is 2.29. The van der Waals surface area contributed by atoms with E-state index in [0.717, 1.165) is 0 Å². The zero-order chi connectivity index (χ0) is 11.5. The summed E-state index contributed by atoms with van der Waals surface area (Å²) in [7, 11) is 0. The number of ether oxygens (including phenoxy) is 1. The number of anilines is 1. The first-order valence-corrected chi connectivity index (χ1v) is 5.48. The monoisotopic (exact) mass is 276 g/mol. The molecule has 1 saturated heterocycles. The van der Waals surface area contributed by atoms with E-state index in [-0.39, 0.29) is 18.3 Å². The fraction of sp³-hybridized carbons (Fsp3) is 0.364. The molecule has 6 heteroatoms. The van der Waals surface area contributed by atoms with E-state index in [1.165, 1.54) is 0 Å². The van der Waals surface area contributed by atoms with E-state index >= 15 is 0 Å². The van der Waals surface area contributed by atoms with Crippen LogP contribution in [0.25, 0.3) is 0 Å². The number of nitrogens with zero attached hydrogens (tertiary/aromatic N) is 1. The molecule has 0 aliphatic carbocycles. The lowest BCUT2D eigenvalue weighted by Crippen LogP contribution is -2.40. The second-order valence-electron chi connectivity index (χ2n) is 3.64. The molecule has 94 valence electrons. The number of nitrogen functional groups attached to an aromatic ring is 1. The molecule has 17 heavy (non-hydrogen) atoms. The van der Waals surface area contributed by atoms with Gasteiger partial charge in [-0.3, -0.25) is 4.79 Å². The number of hydrogen-bond donors (Lipinski definition) is 1. The predicted molar refractivity (Wildman–Crippen MR) is 69.8 cm³/mol. The molecule has 1 aliphatic heterocycles. The summed E-state index contributed by atoms with van der Waals surface area (Å²) in [6, 6.07) is 4.93. The number of benzene rings is 1. The molecule has 1 amide bonds. The molecular formula is C11H14Cl2N2O2. The maximum absolute atomic E-state index is 12.1. The summed E-state index contributed by atoms with van der Waals surface area (Å²) in [6.45, 7) is 2.38. The quantitative estimate of drug-likeness (QED) is 0.796. The number of carbonyl (C=O) groups is 1. The molecule has 1 fully saturated rings. The van der Waals surface area contributed by atoms with Crippen LogP contribution >= 0.6 is 24.0 Å². The number of halogens is 2. The van der Waals surface area contributed by atoms with Crippen molar-refractivity contribution in [2.45, 2.75) is 0 Å². The molecule has 0 atom stereocenters. The summed E-state index contributed by atoms with van der Waals surface area (Å²) in [5, 5.41) is 0.400. The number of rotatable bonds is 1. The Labute approximate surface area is 111 Å². The van der Waals surface area contributed by atoms with Gasteiger partial charge in [0.2, 0.25) is 0 Å². The van der Waals surface area contributed by atoms with Crippen LogP contribution in [-0.2, 0) is 4.74 Å². The van der Waals surface area contributed by atoms with Gasteiger partial charge in [-0.1, -0.05) is 11.6 Å². The first kappa shape index (κ1) is 14.1. The zero-order valence-corrected chi connectivity index (χ0v) is 10.8. The number of carbonyl (C=O) groups excluding carboxylic acids is 1. The van der Waals surface area contributed by atoms with Crippen molar-refractivity contribution in [2.75, 3.05) is 32.0 Å². The zero-order valence-electron chi connectivity index (χ0n) is 9.19. The van der Waals surface area contributed by atoms with Crippen LogP contribution in [0.4, 0.5) is 5.69 Å². The van der Waals surface area contributed by atoms with Crippen molar-refractivity contribution in [1.29, 1.82) is 0 Å². The third-order valence-corrected chi connectivity index (χ3v) is 2.83. The Bertz CT molecular complexity index is 406. The third-order valence-electron chi connectivity index (χ3n) is 2.52. The van der Waals surface area contributed by atoms with Crippen LogP contribution in [0, 0.1) is 0 Å². The fourth-order valence-electron chi connectivity index (χ4n) is 1.64. The lowest BCUT2D eigenvalue weighted by molar-refractivity contribution is 0.0303. The van der Waals surface area contributed by atoms with Gasteiger partial charge in [-0.15, -0.1) is 12.4 Å². The standard InChI is InChI=1S/C11H13ClN2O2.ClH/c12-10-7-8(13)1-2-9(10)11(15)14-3-5-16-6-4-14;/h1-2,7H,3-6,13H2;1H. The molecule has 2 N–H and O–H groups in total. The summed E-state index contributed by atoms with van der Waals surface area (Å²) in [5.74, 6) is -0.0618. The summed E-state index contributed by atoms with van der Waals surface area (Å²) >= 11 is 5.98. The van der Waals surface area contributed by atoms with E-state index in [0.29, 0.717) is 42.6 Å². The van der Waals surface area contributed by atoms with Gasteiger partial charge in [0.05, 0.1) is 23.8 Å². The van der Waals surface area contributed by atoms with Crippen molar-refractivity contribution in [2.24, 2.45) is 0 Å². The summed E-state index contributed by atoms with van der Waals surface area (Å²) in [4.78, 5) is 13.8. The first-order valence-electron chi connectivity index (χ1n) is 5.10. The second-order valence-corrected chi connectivity index (χ2v) is 4.05. The molecule has 0 saturated carbocycles. The van der Waals surface area contributed by atoms with Gasteiger partial charge < -0.3 is 15.4 Å². The molecule has 1 heterocycles. The second kappa shape index (κ2) is 6.10. The molecule has 0 bridgehead atoms. The Kier molecular flexibility index (Phi) is 5.05. The first-order chi connectivity index (χ1) is 7.68. The lowest BCUT2D eigenvalue weighted by Gasteiger charge is -2.27. The average molecular weight is 277 g/mol. The smallest absolute Gasteiger partial charge is 0.255 e. The van der Waals surface area contributed by atoms with Gasteiger partial charge in [0.25, 0.3) is 5.91 Å². The van der Waals surface area contributed by atoms with Crippen LogP contribution in [-0.4, -0.2) is 37.1 Å². The highest BCUT2D eigenvalue weighted by Crippen LogP contribution is 2.21. The van der Waals surface area contributed by atoms with Gasteiger partial charge in [0.1, 0.15) is 0 Å². The molecule has 0 spiro atoms. The van der Waals surface area contributed by atoms with Crippen LogP contribution in [0.15, 0.2) is 18.2 Å². The summed E-state index contributed by atoms with van der Waals surface area (Å²) in [6.07, 6.45) is 0. The maximum atomic E-state index is 12.1. The third kappa shape index (κ3) is 3.25. The van der Waals surface area contributed by atoms with Gasteiger partial charge >= 0.3 is 0 Å². The summed E-state index contributed by atoms with van der Waals surface area (Å²) < 4.78 is 5.19. The molecular weight excluding hydrogens is 263 g/mol. The SMILES string of the molecule is Cl.Nc1ccc(C(=O)N2CCOCC2)c(Cl)c1. The van der Waals surface area contributed by atoms with Gasteiger partial charge in [-0.2, -0.15) is 0 Å². The van der Waals surface area contributed by atoms with E-state index in [4.69, 9.17) is 22.1 Å². The molecule has 0 radical (unpaired) electrons. The van der Waals surface area contributed by atoms with E-state index in [1.807, 2.05) is 0 Å². The highest BCUT2D eigenvalue weighted by atomic mass is 35.5. The van der Waals surface area contributed by atoms with Gasteiger partial charge in [0.15, 0.2) is 0 Å². The van der Waals surface area contributed by atoms with Gasteiger partial charge in [0, 0.05) is 18.8 Å². The van der Waals surface area contributed by atoms with Crippen molar-refractivity contribution in [1.82, 2.24) is 4.90 Å². The molecule has 4 nitrogen and oxygen atoms in total. The van der Waals surface area contributed by atoms with Crippen molar-refractivity contribution >= 4 is 35.6 Å². The number of hydrogen-bond acceptors (Lipinski definition) is 3. The Morgan fingerprint density at radius 2 is 2.00 bits per heavy atom. The van der Waals surface area contributed by atoms with Crippen molar-refractivity contribution in [3.63, 3.8) is 0 Å². The van der Waals surface area contributed by atoms with E-state index in [9.17, 15) is 4.79 Å². The fourth-order valence-corrected chi connectivity index (χ4v) is 1.91. The highest BCUT2D eigenvalue weighted by molar-refractivity contribution is 6.34. The molecule has 1 aromatic carbocycles. The maximum Gasteiger partial charge on any atom is 0.255 e. The Morgan fingerprint density at radius 3 is 2.59 bits per heavy atom. The number of amides is 1. The minimum atomic E-state index is -0.0618. The number of morpholine rings is 1. The lowest BCUT2D eigenvalue weighted by atomic mass is 10.1. The van der Waals surface area contributed by atoms with Crippen LogP contribution in [0.2, 0.25) is 5.02 Å². The molecule has 1 aromatic rings. The minimum absolute atomic E-state index is 0. The Morgan fingerprint density at radius 1 is 1.35 bits per heavy atom. The highest BCUT2D eigenvalue weighted by Gasteiger charge is 2.20. The largest absolute Gasteiger partial charge is 0.399 e. The Hall–Kier alpha value is -0.970. The molecule has 2 rings (SSSR count). The molecule has 1 aliphatic rings. The Balaban J connectivity index is 0.00000144. The van der Waals surface area contributed by atoms with E-state index in [2.05, 4.69) is 0 Å². The van der Waals surface area contributed by atoms with Crippen LogP contribution in [0.3, 0.4) is 0 Å². The van der Waals surface area contributed by atoms with Crippen LogP contribution in [0.5, 0.6) is 0 Å². The topological polar surface area (TPSA) is 55.6 Å².